The predicted octanol–water partition coefficient (Wildman–Crippen LogP) is 3.34. The van der Waals surface area contributed by atoms with Gasteiger partial charge in [0.2, 0.25) is 0 Å². The molecule has 1 saturated heterocycles. The van der Waals surface area contributed by atoms with Gasteiger partial charge in [0.15, 0.2) is 5.60 Å². The summed E-state index contributed by atoms with van der Waals surface area (Å²) in [7, 11) is 1.58. The van der Waals surface area contributed by atoms with E-state index in [4.69, 9.17) is 14.2 Å². The van der Waals surface area contributed by atoms with E-state index in [0.717, 1.165) is 15.6 Å². The fraction of sp³-hybridized carbons (Fsp3) is 0.393. The molecule has 2 aliphatic heterocycles. The van der Waals surface area contributed by atoms with Gasteiger partial charge in [-0.3, -0.25) is 4.98 Å². The Labute approximate surface area is 218 Å². The molecule has 3 aliphatic rings. The fourth-order valence-corrected chi connectivity index (χ4v) is 6.81. The van der Waals surface area contributed by atoms with Gasteiger partial charge in [-0.1, -0.05) is 58.4 Å². The number of methoxy groups -OCH3 is 1. The summed E-state index contributed by atoms with van der Waals surface area (Å²) in [6.07, 6.45) is 3.26. The van der Waals surface area contributed by atoms with Crippen molar-refractivity contribution in [2.45, 2.75) is 23.2 Å². The molecule has 2 fully saturated rings. The van der Waals surface area contributed by atoms with E-state index in [9.17, 15) is 10.2 Å². The van der Waals surface area contributed by atoms with Gasteiger partial charge in [0.25, 0.3) is 0 Å². The molecule has 0 spiro atoms. The van der Waals surface area contributed by atoms with E-state index in [-0.39, 0.29) is 24.5 Å². The third-order valence-electron chi connectivity index (χ3n) is 8.14. The lowest BCUT2D eigenvalue weighted by molar-refractivity contribution is -0.130. The zero-order chi connectivity index (χ0) is 24.9. The van der Waals surface area contributed by atoms with E-state index in [1.807, 2.05) is 54.6 Å². The highest BCUT2D eigenvalue weighted by Gasteiger charge is 2.76. The maximum absolute atomic E-state index is 13.1. The van der Waals surface area contributed by atoms with Gasteiger partial charge in [-0.2, -0.15) is 0 Å². The van der Waals surface area contributed by atoms with Crippen LogP contribution >= 0.6 is 15.9 Å². The van der Waals surface area contributed by atoms with Crippen LogP contribution in [-0.4, -0.2) is 54.7 Å². The lowest BCUT2D eigenvalue weighted by Gasteiger charge is -2.42. The van der Waals surface area contributed by atoms with Crippen molar-refractivity contribution in [3.63, 3.8) is 0 Å². The number of aliphatic hydroxyl groups is 2. The molecule has 0 amide bonds. The quantitative estimate of drug-likeness (QED) is 0.414. The Balaban J connectivity index is 1.63. The second kappa shape index (κ2) is 9.11. The van der Waals surface area contributed by atoms with E-state index in [1.165, 1.54) is 0 Å². The van der Waals surface area contributed by atoms with Crippen molar-refractivity contribution in [1.29, 1.82) is 0 Å². The number of hydrogen-bond donors (Lipinski definition) is 3. The normalized spacial score (nSPS) is 30.8. The standard InChI is InChI=1S/C28H29BrN2O5/c1-34-23-12-30-13-24-26(23)27(33)22(11-31-20-15-35-16-20)21(14-32)25(17-5-3-2-4-6-17)28(27,36-24)18-7-9-19(29)10-8-18/h2-10,12-13,20-22,25,31-33H,11,14-16H2,1H3/t21-,22-,25+,27+,28-/m0/s1. The SMILES string of the molecule is COc1cncc2c1[C@]1(O)[C@@H](CNC3COC3)[C@H](CO)[C@@H](c3ccccc3)[C@]1(c1ccc(Br)cc1)O2. The predicted molar refractivity (Wildman–Crippen MR) is 137 cm³/mol. The molecule has 36 heavy (non-hydrogen) atoms. The number of fused-ring (bicyclic) bond motifs is 3. The first kappa shape index (κ1) is 23.9. The van der Waals surface area contributed by atoms with Crippen LogP contribution in [0.4, 0.5) is 0 Å². The molecule has 7 nitrogen and oxygen atoms in total. The summed E-state index contributed by atoms with van der Waals surface area (Å²) in [6.45, 7) is 1.63. The highest BCUT2D eigenvalue weighted by Crippen LogP contribution is 2.71. The zero-order valence-corrected chi connectivity index (χ0v) is 21.5. The number of nitrogens with one attached hydrogen (secondary N) is 1. The van der Waals surface area contributed by atoms with Crippen LogP contribution in [0.3, 0.4) is 0 Å². The summed E-state index contributed by atoms with van der Waals surface area (Å²) in [5.74, 6) is -0.0862. The first-order chi connectivity index (χ1) is 17.5. The minimum absolute atomic E-state index is 0.111. The van der Waals surface area contributed by atoms with Gasteiger partial charge >= 0.3 is 0 Å². The molecule has 5 atom stereocenters. The molecule has 0 bridgehead atoms. The molecule has 1 aliphatic carbocycles. The largest absolute Gasteiger partial charge is 0.495 e. The van der Waals surface area contributed by atoms with E-state index in [2.05, 4.69) is 26.2 Å². The van der Waals surface area contributed by atoms with Gasteiger partial charge in [0.1, 0.15) is 17.1 Å². The first-order valence-corrected chi connectivity index (χ1v) is 13.0. The number of pyridine rings is 1. The van der Waals surface area contributed by atoms with Crippen molar-refractivity contribution < 1.29 is 24.4 Å². The number of rotatable bonds is 7. The molecular weight excluding hydrogens is 524 g/mol. The minimum Gasteiger partial charge on any atom is -0.495 e. The molecular formula is C28H29BrN2O5. The molecule has 1 aromatic heterocycles. The summed E-state index contributed by atoms with van der Waals surface area (Å²) >= 11 is 3.55. The van der Waals surface area contributed by atoms with Gasteiger partial charge < -0.3 is 29.7 Å². The number of nitrogens with zero attached hydrogens (tertiary/aromatic N) is 1. The average Bonchev–Trinajstić information content (AvgIpc) is 3.26. The van der Waals surface area contributed by atoms with E-state index in [1.54, 1.807) is 19.5 Å². The summed E-state index contributed by atoms with van der Waals surface area (Å²) in [4.78, 5) is 4.33. The fourth-order valence-electron chi connectivity index (χ4n) is 6.55. The second-order valence-corrected chi connectivity index (χ2v) is 10.7. The van der Waals surface area contributed by atoms with Crippen LogP contribution in [0.1, 0.15) is 22.6 Å². The van der Waals surface area contributed by atoms with Crippen LogP contribution in [0.5, 0.6) is 11.5 Å². The monoisotopic (exact) mass is 552 g/mol. The number of hydrogen-bond acceptors (Lipinski definition) is 7. The number of halogens is 1. The van der Waals surface area contributed by atoms with Crippen molar-refractivity contribution in [3.05, 3.63) is 88.2 Å². The third kappa shape index (κ3) is 3.28. The van der Waals surface area contributed by atoms with Crippen LogP contribution in [0.15, 0.2) is 71.5 Å². The van der Waals surface area contributed by atoms with Gasteiger partial charge in [-0.15, -0.1) is 0 Å². The lowest BCUT2D eigenvalue weighted by Crippen LogP contribution is -2.54. The first-order valence-electron chi connectivity index (χ1n) is 12.2. The van der Waals surface area contributed by atoms with Crippen molar-refractivity contribution in [3.8, 4) is 11.5 Å². The Morgan fingerprint density at radius 1 is 1.11 bits per heavy atom. The third-order valence-corrected chi connectivity index (χ3v) is 8.67. The van der Waals surface area contributed by atoms with Gasteiger partial charge in [0, 0.05) is 35.4 Å². The smallest absolute Gasteiger partial charge is 0.174 e. The molecule has 0 unspecified atom stereocenters. The Morgan fingerprint density at radius 2 is 1.86 bits per heavy atom. The molecule has 3 N–H and O–H groups in total. The summed E-state index contributed by atoms with van der Waals surface area (Å²) in [5.41, 5.74) is -0.337. The summed E-state index contributed by atoms with van der Waals surface area (Å²) in [6, 6.07) is 18.1. The van der Waals surface area contributed by atoms with Crippen molar-refractivity contribution in [2.75, 3.05) is 33.5 Å². The van der Waals surface area contributed by atoms with Gasteiger partial charge in [-0.05, 0) is 23.3 Å². The Morgan fingerprint density at radius 3 is 2.50 bits per heavy atom. The van der Waals surface area contributed by atoms with Crippen LogP contribution < -0.4 is 14.8 Å². The van der Waals surface area contributed by atoms with Crippen LogP contribution in [0, 0.1) is 11.8 Å². The molecule has 1 saturated carbocycles. The molecule has 3 heterocycles. The lowest BCUT2D eigenvalue weighted by atomic mass is 9.70. The topological polar surface area (TPSA) is 93.1 Å². The zero-order valence-electron chi connectivity index (χ0n) is 19.9. The number of ether oxygens (including phenoxy) is 3. The Hall–Kier alpha value is -2.49. The Kier molecular flexibility index (Phi) is 6.05. The molecule has 0 radical (unpaired) electrons. The highest BCUT2D eigenvalue weighted by molar-refractivity contribution is 9.10. The maximum atomic E-state index is 13.1. The molecule has 8 heteroatoms. The van der Waals surface area contributed by atoms with Crippen molar-refractivity contribution >= 4 is 15.9 Å². The Bertz CT molecular complexity index is 1240. The van der Waals surface area contributed by atoms with E-state index < -0.39 is 17.1 Å². The van der Waals surface area contributed by atoms with Crippen LogP contribution in [0.2, 0.25) is 0 Å². The number of aliphatic hydroxyl groups excluding tert-OH is 1. The van der Waals surface area contributed by atoms with Crippen molar-refractivity contribution in [2.24, 2.45) is 11.8 Å². The molecule has 6 rings (SSSR count). The maximum Gasteiger partial charge on any atom is 0.174 e. The molecule has 2 aromatic carbocycles. The van der Waals surface area contributed by atoms with Crippen molar-refractivity contribution in [1.82, 2.24) is 10.3 Å². The van der Waals surface area contributed by atoms with E-state index >= 15 is 0 Å². The van der Waals surface area contributed by atoms with Gasteiger partial charge in [-0.25, -0.2) is 0 Å². The van der Waals surface area contributed by atoms with Crippen LogP contribution in [-0.2, 0) is 15.9 Å². The summed E-state index contributed by atoms with van der Waals surface area (Å²) in [5, 5.41) is 27.6. The molecule has 3 aromatic rings. The van der Waals surface area contributed by atoms with Gasteiger partial charge in [0.05, 0.1) is 44.3 Å². The molecule has 188 valence electrons. The van der Waals surface area contributed by atoms with E-state index in [0.29, 0.717) is 36.8 Å². The number of benzene rings is 2. The second-order valence-electron chi connectivity index (χ2n) is 9.81. The average molecular weight is 553 g/mol. The highest BCUT2D eigenvalue weighted by atomic mass is 79.9. The van der Waals surface area contributed by atoms with Crippen LogP contribution in [0.25, 0.3) is 0 Å². The number of aromatic nitrogens is 1. The summed E-state index contributed by atoms with van der Waals surface area (Å²) < 4.78 is 18.9. The minimum atomic E-state index is -1.52.